The zero-order chi connectivity index (χ0) is 16.6. The Morgan fingerprint density at radius 3 is 3.00 bits per heavy atom. The summed E-state index contributed by atoms with van der Waals surface area (Å²) < 4.78 is 23.9. The first-order valence-electron chi connectivity index (χ1n) is 6.90. The van der Waals surface area contributed by atoms with Crippen molar-refractivity contribution in [1.29, 1.82) is 0 Å². The summed E-state index contributed by atoms with van der Waals surface area (Å²) in [6.45, 7) is 0.261. The number of benzene rings is 1. The van der Waals surface area contributed by atoms with Crippen LogP contribution in [-0.4, -0.2) is 36.6 Å². The molecule has 0 aliphatic carbocycles. The number of amides is 1. The van der Waals surface area contributed by atoms with E-state index in [0.29, 0.717) is 10.8 Å². The highest BCUT2D eigenvalue weighted by Crippen LogP contribution is 2.37. The van der Waals surface area contributed by atoms with E-state index in [1.165, 1.54) is 36.4 Å². The standard InChI is InChI=1S/C16H14ClFN2O3/c1-20(13-8-23-14-6-10(18)3-4-11(13)14)16(21)12-5-9(17)7-19-15(12)22-2/h3-7,13H,8H2,1-2H3/t13-/m0/s1. The van der Waals surface area contributed by atoms with Crippen LogP contribution in [0, 0.1) is 5.82 Å². The number of rotatable bonds is 3. The minimum Gasteiger partial charge on any atom is -0.491 e. The lowest BCUT2D eigenvalue weighted by Crippen LogP contribution is -2.32. The second-order valence-corrected chi connectivity index (χ2v) is 5.57. The summed E-state index contributed by atoms with van der Waals surface area (Å²) in [7, 11) is 3.08. The Bertz CT molecular complexity index is 769. The van der Waals surface area contributed by atoms with Gasteiger partial charge in [0.05, 0.1) is 18.2 Å². The number of carbonyl (C=O) groups is 1. The van der Waals surface area contributed by atoms with Gasteiger partial charge in [0, 0.05) is 24.9 Å². The molecule has 1 amide bonds. The second-order valence-electron chi connectivity index (χ2n) is 5.14. The first-order valence-corrected chi connectivity index (χ1v) is 7.28. The second kappa shape index (κ2) is 6.04. The quantitative estimate of drug-likeness (QED) is 0.864. The molecular formula is C16H14ClFN2O3. The monoisotopic (exact) mass is 336 g/mol. The van der Waals surface area contributed by atoms with Crippen molar-refractivity contribution in [3.05, 3.63) is 52.4 Å². The molecule has 1 aliphatic rings. The Morgan fingerprint density at radius 1 is 1.48 bits per heavy atom. The van der Waals surface area contributed by atoms with Gasteiger partial charge in [0.2, 0.25) is 5.88 Å². The fourth-order valence-electron chi connectivity index (χ4n) is 2.56. The fourth-order valence-corrected chi connectivity index (χ4v) is 2.72. The number of hydrogen-bond donors (Lipinski definition) is 0. The van der Waals surface area contributed by atoms with Gasteiger partial charge in [-0.25, -0.2) is 9.37 Å². The maximum Gasteiger partial charge on any atom is 0.259 e. The van der Waals surface area contributed by atoms with Gasteiger partial charge in [-0.1, -0.05) is 17.7 Å². The van der Waals surface area contributed by atoms with Crippen LogP contribution >= 0.6 is 11.6 Å². The van der Waals surface area contributed by atoms with Gasteiger partial charge in [-0.05, 0) is 12.1 Å². The molecule has 0 radical (unpaired) electrons. The lowest BCUT2D eigenvalue weighted by Gasteiger charge is -2.24. The molecule has 0 fully saturated rings. The van der Waals surface area contributed by atoms with Gasteiger partial charge < -0.3 is 14.4 Å². The minimum absolute atomic E-state index is 0.199. The number of pyridine rings is 1. The van der Waals surface area contributed by atoms with Gasteiger partial charge in [0.25, 0.3) is 5.91 Å². The van der Waals surface area contributed by atoms with Crippen LogP contribution in [-0.2, 0) is 0 Å². The van der Waals surface area contributed by atoms with E-state index >= 15 is 0 Å². The summed E-state index contributed by atoms with van der Waals surface area (Å²) in [4.78, 5) is 18.3. The number of hydrogen-bond acceptors (Lipinski definition) is 4. The molecule has 3 rings (SSSR count). The van der Waals surface area contributed by atoms with Crippen LogP contribution in [0.3, 0.4) is 0 Å². The number of methoxy groups -OCH3 is 1. The molecule has 1 aromatic carbocycles. The van der Waals surface area contributed by atoms with Crippen molar-refractivity contribution in [1.82, 2.24) is 9.88 Å². The van der Waals surface area contributed by atoms with Crippen molar-refractivity contribution in [2.24, 2.45) is 0 Å². The summed E-state index contributed by atoms with van der Waals surface area (Å²) in [6, 6.07) is 5.48. The van der Waals surface area contributed by atoms with E-state index in [2.05, 4.69) is 4.98 Å². The third kappa shape index (κ3) is 2.82. The molecule has 0 spiro atoms. The molecule has 0 saturated heterocycles. The Balaban J connectivity index is 1.92. The molecule has 1 aromatic heterocycles. The molecule has 7 heteroatoms. The molecule has 1 atom stereocenters. The third-order valence-electron chi connectivity index (χ3n) is 3.76. The van der Waals surface area contributed by atoms with Crippen molar-refractivity contribution in [3.8, 4) is 11.6 Å². The zero-order valence-electron chi connectivity index (χ0n) is 12.5. The van der Waals surface area contributed by atoms with Crippen LogP contribution < -0.4 is 9.47 Å². The van der Waals surface area contributed by atoms with Crippen LogP contribution in [0.1, 0.15) is 22.0 Å². The maximum absolute atomic E-state index is 13.3. The van der Waals surface area contributed by atoms with E-state index in [1.54, 1.807) is 13.1 Å². The highest BCUT2D eigenvalue weighted by Gasteiger charge is 2.32. The van der Waals surface area contributed by atoms with E-state index in [-0.39, 0.29) is 35.8 Å². The Morgan fingerprint density at radius 2 is 2.26 bits per heavy atom. The highest BCUT2D eigenvalue weighted by atomic mass is 35.5. The van der Waals surface area contributed by atoms with Crippen LogP contribution in [0.25, 0.3) is 0 Å². The van der Waals surface area contributed by atoms with Crippen molar-refractivity contribution in [2.75, 3.05) is 20.8 Å². The molecule has 0 unspecified atom stereocenters. The first-order chi connectivity index (χ1) is 11.0. The van der Waals surface area contributed by atoms with Crippen LogP contribution in [0.2, 0.25) is 5.02 Å². The van der Waals surface area contributed by atoms with E-state index in [4.69, 9.17) is 21.1 Å². The summed E-state index contributed by atoms with van der Waals surface area (Å²) >= 11 is 5.93. The average molecular weight is 337 g/mol. The largest absolute Gasteiger partial charge is 0.491 e. The Labute approximate surface area is 137 Å². The molecule has 2 heterocycles. The van der Waals surface area contributed by atoms with Crippen molar-refractivity contribution < 1.29 is 18.7 Å². The number of ether oxygens (including phenoxy) is 2. The molecule has 1 aliphatic heterocycles. The maximum atomic E-state index is 13.3. The van der Waals surface area contributed by atoms with Gasteiger partial charge in [0.1, 0.15) is 23.7 Å². The van der Waals surface area contributed by atoms with E-state index in [9.17, 15) is 9.18 Å². The summed E-state index contributed by atoms with van der Waals surface area (Å²) in [6.07, 6.45) is 1.41. The van der Waals surface area contributed by atoms with Crippen LogP contribution in [0.5, 0.6) is 11.6 Å². The Hall–Kier alpha value is -2.34. The number of likely N-dealkylation sites (N-methyl/N-ethyl adjacent to an activating group) is 1. The average Bonchev–Trinajstić information content (AvgIpc) is 2.96. The van der Waals surface area contributed by atoms with Crippen molar-refractivity contribution in [2.45, 2.75) is 6.04 Å². The van der Waals surface area contributed by atoms with Gasteiger partial charge in [-0.15, -0.1) is 0 Å². The Kier molecular flexibility index (Phi) is 4.09. The van der Waals surface area contributed by atoms with Gasteiger partial charge in [-0.2, -0.15) is 0 Å². The lowest BCUT2D eigenvalue weighted by atomic mass is 10.1. The number of nitrogens with zero attached hydrogens (tertiary/aromatic N) is 2. The fraction of sp³-hybridized carbons (Fsp3) is 0.250. The molecule has 5 nitrogen and oxygen atoms in total. The molecule has 0 N–H and O–H groups in total. The smallest absolute Gasteiger partial charge is 0.259 e. The predicted molar refractivity (Wildman–Crippen MR) is 82.5 cm³/mol. The van der Waals surface area contributed by atoms with E-state index in [1.807, 2.05) is 0 Å². The molecule has 0 saturated carbocycles. The lowest BCUT2D eigenvalue weighted by molar-refractivity contribution is 0.0704. The summed E-state index contributed by atoms with van der Waals surface area (Å²) in [5.41, 5.74) is 1.02. The molecule has 23 heavy (non-hydrogen) atoms. The molecule has 2 aromatic rings. The zero-order valence-corrected chi connectivity index (χ0v) is 13.3. The number of aromatic nitrogens is 1. The normalized spacial score (nSPS) is 15.7. The topological polar surface area (TPSA) is 51.7 Å². The van der Waals surface area contributed by atoms with Gasteiger partial charge in [0.15, 0.2) is 0 Å². The minimum atomic E-state index is -0.376. The predicted octanol–water partition coefficient (Wildman–Crippen LogP) is 3.09. The molecular weight excluding hydrogens is 323 g/mol. The van der Waals surface area contributed by atoms with Crippen molar-refractivity contribution >= 4 is 17.5 Å². The van der Waals surface area contributed by atoms with Crippen molar-refractivity contribution in [3.63, 3.8) is 0 Å². The number of carbonyl (C=O) groups excluding carboxylic acids is 1. The molecule has 0 bridgehead atoms. The first kappa shape index (κ1) is 15.6. The highest BCUT2D eigenvalue weighted by molar-refractivity contribution is 6.30. The van der Waals surface area contributed by atoms with Crippen LogP contribution in [0.15, 0.2) is 30.5 Å². The number of halogens is 2. The number of fused-ring (bicyclic) bond motifs is 1. The molecule has 120 valence electrons. The summed E-state index contributed by atoms with van der Waals surface area (Å²) in [5, 5.41) is 0.340. The SMILES string of the molecule is COc1ncc(Cl)cc1C(=O)N(C)[C@H]1COc2cc(F)ccc21. The van der Waals surface area contributed by atoms with E-state index in [0.717, 1.165) is 5.56 Å². The van der Waals surface area contributed by atoms with Crippen LogP contribution in [0.4, 0.5) is 4.39 Å². The van der Waals surface area contributed by atoms with Gasteiger partial charge >= 0.3 is 0 Å². The van der Waals surface area contributed by atoms with E-state index < -0.39 is 0 Å². The van der Waals surface area contributed by atoms with Gasteiger partial charge in [-0.3, -0.25) is 4.79 Å². The summed E-state index contributed by atoms with van der Waals surface area (Å²) in [5.74, 6) is -0.0305. The third-order valence-corrected chi connectivity index (χ3v) is 3.97.